The van der Waals surface area contributed by atoms with Gasteiger partial charge in [0.2, 0.25) is 0 Å². The molecule has 0 unspecified atom stereocenters. The Morgan fingerprint density at radius 3 is 2.32 bits per heavy atom. The van der Waals surface area contributed by atoms with Crippen molar-refractivity contribution in [2.45, 2.75) is 0 Å². The molecule has 0 bridgehead atoms. The van der Waals surface area contributed by atoms with Crippen molar-refractivity contribution < 1.29 is 6.85 Å². The summed E-state index contributed by atoms with van der Waals surface area (Å²) in [5, 5.41) is 3.26. The fourth-order valence-electron chi connectivity index (χ4n) is 4.10. The van der Waals surface area contributed by atoms with Crippen LogP contribution in [0.5, 0.6) is 0 Å². The van der Waals surface area contributed by atoms with Gasteiger partial charge in [0, 0.05) is 22.2 Å². The summed E-state index contributed by atoms with van der Waals surface area (Å²) in [4.78, 5) is 0. The van der Waals surface area contributed by atoms with Crippen molar-refractivity contribution in [3.63, 3.8) is 0 Å². The molecule has 0 N–H and O–H groups in total. The zero-order chi connectivity index (χ0) is 20.7. The maximum atomic E-state index is 8.56. The number of fused-ring (bicyclic) bond motifs is 5. The van der Waals surface area contributed by atoms with Crippen LogP contribution in [0.15, 0.2) is 90.9 Å². The molecule has 0 radical (unpaired) electrons. The molecule has 1 heteroatoms. The smallest absolute Gasteiger partial charge is 0.0645 e. The van der Waals surface area contributed by atoms with E-state index in [1.54, 1.807) is 0 Å². The average Bonchev–Trinajstić information content (AvgIpc) is 3.27. The van der Waals surface area contributed by atoms with Gasteiger partial charge in [0.1, 0.15) is 0 Å². The molecule has 116 valence electrons. The molecular formula is C24H15N. The van der Waals surface area contributed by atoms with Crippen molar-refractivity contribution in [1.82, 2.24) is 4.57 Å². The molecule has 1 nitrogen and oxygen atoms in total. The maximum Gasteiger partial charge on any atom is 0.0645 e. The van der Waals surface area contributed by atoms with Gasteiger partial charge in [-0.2, -0.15) is 0 Å². The van der Waals surface area contributed by atoms with Gasteiger partial charge in [-0.15, -0.1) is 0 Å². The van der Waals surface area contributed by atoms with Gasteiger partial charge >= 0.3 is 0 Å². The topological polar surface area (TPSA) is 4.93 Å². The molecule has 0 aliphatic heterocycles. The molecule has 0 spiro atoms. The summed E-state index contributed by atoms with van der Waals surface area (Å²) >= 11 is 0. The second-order valence-corrected chi connectivity index (χ2v) is 6.26. The normalized spacial score (nSPS) is 14.8. The molecule has 0 fully saturated rings. The van der Waals surface area contributed by atoms with E-state index in [2.05, 4.69) is 18.2 Å². The minimum Gasteiger partial charge on any atom is -0.309 e. The fourth-order valence-corrected chi connectivity index (χ4v) is 4.10. The highest BCUT2D eigenvalue weighted by Crippen LogP contribution is 2.52. The number of benzene rings is 4. The Morgan fingerprint density at radius 2 is 1.48 bits per heavy atom. The van der Waals surface area contributed by atoms with E-state index in [1.165, 1.54) is 0 Å². The van der Waals surface area contributed by atoms with Gasteiger partial charge in [0.15, 0.2) is 0 Å². The first-order valence-electron chi connectivity index (χ1n) is 10.7. The summed E-state index contributed by atoms with van der Waals surface area (Å²) in [7, 11) is 0. The number of hydrogen-bond acceptors (Lipinski definition) is 0. The van der Waals surface area contributed by atoms with Crippen LogP contribution in [0, 0.1) is 0 Å². The van der Waals surface area contributed by atoms with Crippen molar-refractivity contribution in [3.8, 4) is 28.1 Å². The van der Waals surface area contributed by atoms with Gasteiger partial charge in [0.25, 0.3) is 0 Å². The fraction of sp³-hybridized carbons (Fsp3) is 0. The van der Waals surface area contributed by atoms with Gasteiger partial charge in [-0.05, 0) is 34.5 Å². The molecule has 1 aromatic heterocycles. The van der Waals surface area contributed by atoms with E-state index >= 15 is 0 Å². The van der Waals surface area contributed by atoms with Crippen molar-refractivity contribution >= 4 is 21.7 Å². The molecule has 4 aromatic carbocycles. The van der Waals surface area contributed by atoms with Gasteiger partial charge in [-0.25, -0.2) is 0 Å². The lowest BCUT2D eigenvalue weighted by Gasteiger charge is -2.11. The molecule has 0 amide bonds. The monoisotopic (exact) mass is 322 g/mol. The summed E-state index contributed by atoms with van der Waals surface area (Å²) in [5.41, 5.74) is 5.06. The summed E-state index contributed by atoms with van der Waals surface area (Å²) in [6.07, 6.45) is 0. The van der Waals surface area contributed by atoms with Crippen molar-refractivity contribution in [2.75, 3.05) is 0 Å². The maximum absolute atomic E-state index is 8.56. The predicted octanol–water partition coefficient (Wildman–Crippen LogP) is 6.43. The minimum atomic E-state index is -0.382. The lowest BCUT2D eigenvalue weighted by Crippen LogP contribution is -1.95. The number of para-hydroxylation sites is 2. The van der Waals surface area contributed by atoms with Crippen LogP contribution < -0.4 is 0 Å². The zero-order valence-electron chi connectivity index (χ0n) is 18.2. The van der Waals surface area contributed by atoms with Crippen LogP contribution in [-0.4, -0.2) is 4.57 Å². The predicted molar refractivity (Wildman–Crippen MR) is 105 cm³/mol. The van der Waals surface area contributed by atoms with E-state index in [4.69, 9.17) is 6.85 Å². The second-order valence-electron chi connectivity index (χ2n) is 6.26. The van der Waals surface area contributed by atoms with Crippen LogP contribution in [0.3, 0.4) is 0 Å². The highest BCUT2D eigenvalue weighted by molar-refractivity contribution is 6.21. The van der Waals surface area contributed by atoms with E-state index in [0.29, 0.717) is 0 Å². The Bertz CT molecular complexity index is 1510. The molecule has 5 aromatic rings. The first-order valence-corrected chi connectivity index (χ1v) is 8.24. The number of aromatic nitrogens is 1. The van der Waals surface area contributed by atoms with Gasteiger partial charge in [-0.1, -0.05) is 72.7 Å². The Balaban J connectivity index is 1.87. The third-order valence-corrected chi connectivity index (χ3v) is 5.01. The molecule has 0 atom stereocenters. The molecule has 0 saturated heterocycles. The first-order chi connectivity index (χ1) is 14.5. The van der Waals surface area contributed by atoms with Gasteiger partial charge in [-0.3, -0.25) is 0 Å². The number of nitrogens with zero attached hydrogens (tertiary/aromatic N) is 1. The van der Waals surface area contributed by atoms with Crippen LogP contribution in [0.4, 0.5) is 0 Å². The van der Waals surface area contributed by atoms with Gasteiger partial charge in [0.05, 0.1) is 18.1 Å². The molecule has 6 rings (SSSR count). The highest BCUT2D eigenvalue weighted by atomic mass is 15.0. The van der Waals surface area contributed by atoms with E-state index < -0.39 is 0 Å². The molecule has 1 heterocycles. The van der Waals surface area contributed by atoms with E-state index in [9.17, 15) is 0 Å². The van der Waals surface area contributed by atoms with Crippen LogP contribution in [0.2, 0.25) is 0 Å². The molecular weight excluding hydrogens is 302 g/mol. The van der Waals surface area contributed by atoms with Crippen LogP contribution in [-0.2, 0) is 0 Å². The second kappa shape index (κ2) is 4.61. The van der Waals surface area contributed by atoms with E-state index in [0.717, 1.165) is 44.1 Å². The molecule has 1 aliphatic carbocycles. The third-order valence-electron chi connectivity index (χ3n) is 5.01. The summed E-state index contributed by atoms with van der Waals surface area (Å²) in [5.74, 6) is 0. The van der Waals surface area contributed by atoms with Crippen molar-refractivity contribution in [1.29, 1.82) is 0 Å². The Morgan fingerprint density at radius 1 is 0.720 bits per heavy atom. The Labute approximate surface area is 152 Å². The Hall–Kier alpha value is -3.32. The van der Waals surface area contributed by atoms with Crippen molar-refractivity contribution in [3.05, 3.63) is 90.9 Å². The molecule has 0 saturated carbocycles. The van der Waals surface area contributed by atoms with Crippen molar-refractivity contribution in [2.24, 2.45) is 0 Å². The summed E-state index contributed by atoms with van der Waals surface area (Å²) in [6, 6.07) is 18.7. The lowest BCUT2D eigenvalue weighted by atomic mass is 10.0. The quantitative estimate of drug-likeness (QED) is 0.329. The average molecular weight is 322 g/mol. The first kappa shape index (κ1) is 9.24. The summed E-state index contributed by atoms with van der Waals surface area (Å²) < 4.78 is 43.3. The number of hydrogen-bond donors (Lipinski definition) is 0. The lowest BCUT2D eigenvalue weighted by molar-refractivity contribution is 1.14. The van der Waals surface area contributed by atoms with Crippen LogP contribution in [0.1, 0.15) is 6.85 Å². The Kier molecular flexibility index (Phi) is 1.70. The minimum absolute atomic E-state index is 0.184. The van der Waals surface area contributed by atoms with E-state index in [1.807, 2.05) is 47.0 Å². The van der Waals surface area contributed by atoms with Gasteiger partial charge < -0.3 is 4.57 Å². The number of rotatable bonds is 1. The SMILES string of the molecule is [2H]c1c([2H])c([2H])c(-n2c3c(c4ccccc42)-c2cccc4cccc-3c24)c([2H])c1[2H]. The van der Waals surface area contributed by atoms with E-state index in [-0.39, 0.29) is 35.9 Å². The summed E-state index contributed by atoms with van der Waals surface area (Å²) in [6.45, 7) is 0. The molecule has 1 aliphatic rings. The standard InChI is InChI=1S/C24H15N/c1-2-10-17(11-3-1)25-21-15-5-4-12-18(21)23-19-13-6-8-16-9-7-14-20(22(16)19)24(23)25/h1-15H/i1D,2D,3D,10D,11D. The van der Waals surface area contributed by atoms with Crippen LogP contribution >= 0.6 is 0 Å². The zero-order valence-corrected chi connectivity index (χ0v) is 13.2. The highest BCUT2D eigenvalue weighted by Gasteiger charge is 2.28. The molecule has 25 heavy (non-hydrogen) atoms. The largest absolute Gasteiger partial charge is 0.309 e. The third kappa shape index (κ3) is 1.58. The van der Waals surface area contributed by atoms with Crippen LogP contribution in [0.25, 0.3) is 49.7 Å².